The molecule has 0 bridgehead atoms. The highest BCUT2D eigenvalue weighted by Crippen LogP contribution is 2.18. The summed E-state index contributed by atoms with van der Waals surface area (Å²) < 4.78 is 0. The second-order valence-electron chi connectivity index (χ2n) is 4.82. The van der Waals surface area contributed by atoms with Crippen LogP contribution in [0.4, 0.5) is 11.5 Å². The van der Waals surface area contributed by atoms with Crippen molar-refractivity contribution in [1.29, 1.82) is 0 Å². The second kappa shape index (κ2) is 6.17. The van der Waals surface area contributed by atoms with Gasteiger partial charge in [0.2, 0.25) is 0 Å². The summed E-state index contributed by atoms with van der Waals surface area (Å²) in [5.74, 6) is -1.06. The quantitative estimate of drug-likeness (QED) is 0.832. The van der Waals surface area contributed by atoms with Crippen molar-refractivity contribution < 1.29 is 9.59 Å². The summed E-state index contributed by atoms with van der Waals surface area (Å²) in [5, 5.41) is 5.11. The van der Waals surface area contributed by atoms with Gasteiger partial charge in [0.05, 0.1) is 0 Å². The molecule has 2 amide bonds. The molecule has 2 rings (SSSR count). The maximum absolute atomic E-state index is 11.9. The van der Waals surface area contributed by atoms with E-state index in [0.717, 1.165) is 16.7 Å². The highest BCUT2D eigenvalue weighted by Gasteiger charge is 2.16. The minimum Gasteiger partial charge on any atom is -0.318 e. The van der Waals surface area contributed by atoms with Crippen LogP contribution in [0.25, 0.3) is 0 Å². The topological polar surface area (TPSA) is 71.1 Å². The van der Waals surface area contributed by atoms with Gasteiger partial charge in [-0.05, 0) is 49.6 Å². The van der Waals surface area contributed by atoms with Gasteiger partial charge < -0.3 is 10.6 Å². The van der Waals surface area contributed by atoms with Crippen LogP contribution >= 0.6 is 0 Å². The van der Waals surface area contributed by atoms with E-state index in [9.17, 15) is 9.59 Å². The highest BCUT2D eigenvalue weighted by atomic mass is 16.2. The molecular weight excluding hydrogens is 266 g/mol. The molecule has 0 spiro atoms. The first kappa shape index (κ1) is 14.7. The molecule has 5 nitrogen and oxygen atoms in total. The van der Waals surface area contributed by atoms with Crippen molar-refractivity contribution in [3.8, 4) is 0 Å². The maximum atomic E-state index is 11.9. The van der Waals surface area contributed by atoms with E-state index in [1.54, 1.807) is 18.3 Å². The summed E-state index contributed by atoms with van der Waals surface area (Å²) in [5.41, 5.74) is 3.42. The van der Waals surface area contributed by atoms with Gasteiger partial charge in [0, 0.05) is 11.9 Å². The predicted molar refractivity (Wildman–Crippen MR) is 82.1 cm³/mol. The molecule has 0 saturated carbocycles. The maximum Gasteiger partial charge on any atom is 0.315 e. The van der Waals surface area contributed by atoms with Crippen molar-refractivity contribution in [3.63, 3.8) is 0 Å². The molecular formula is C16H17N3O2. The van der Waals surface area contributed by atoms with Crippen LogP contribution < -0.4 is 10.6 Å². The molecule has 21 heavy (non-hydrogen) atoms. The summed E-state index contributed by atoms with van der Waals surface area (Å²) in [7, 11) is 0. The molecule has 1 aromatic carbocycles. The van der Waals surface area contributed by atoms with Crippen LogP contribution in [0.2, 0.25) is 0 Å². The normalized spacial score (nSPS) is 10.0. The van der Waals surface area contributed by atoms with Crippen LogP contribution in [-0.2, 0) is 9.59 Å². The molecule has 0 aliphatic heterocycles. The van der Waals surface area contributed by atoms with Crippen LogP contribution in [-0.4, -0.2) is 16.8 Å². The molecule has 0 radical (unpaired) electrons. The van der Waals surface area contributed by atoms with Gasteiger partial charge in [0.15, 0.2) is 0 Å². The van der Waals surface area contributed by atoms with Gasteiger partial charge in [0.25, 0.3) is 0 Å². The van der Waals surface area contributed by atoms with E-state index >= 15 is 0 Å². The van der Waals surface area contributed by atoms with Crippen molar-refractivity contribution >= 4 is 23.3 Å². The number of benzene rings is 1. The Kier molecular flexibility index (Phi) is 4.33. The first-order valence-electron chi connectivity index (χ1n) is 6.59. The van der Waals surface area contributed by atoms with Gasteiger partial charge in [-0.2, -0.15) is 0 Å². The number of aromatic nitrogens is 1. The third kappa shape index (κ3) is 3.45. The first-order chi connectivity index (χ1) is 9.99. The summed E-state index contributed by atoms with van der Waals surface area (Å²) in [4.78, 5) is 27.9. The lowest BCUT2D eigenvalue weighted by Gasteiger charge is -2.10. The average molecular weight is 283 g/mol. The fraction of sp³-hybridized carbons (Fsp3) is 0.188. The number of amides is 2. The minimum absolute atomic E-state index is 0.388. The number of hydrogen-bond donors (Lipinski definition) is 2. The van der Waals surface area contributed by atoms with Gasteiger partial charge in [-0.15, -0.1) is 0 Å². The molecule has 0 aliphatic rings. The number of hydrogen-bond acceptors (Lipinski definition) is 3. The molecule has 2 aromatic rings. The van der Waals surface area contributed by atoms with Gasteiger partial charge in [-0.25, -0.2) is 4.98 Å². The minimum atomic E-state index is -0.738. The number of aryl methyl sites for hydroxylation is 2. The smallest absolute Gasteiger partial charge is 0.315 e. The Morgan fingerprint density at radius 2 is 1.57 bits per heavy atom. The monoisotopic (exact) mass is 283 g/mol. The Labute approximate surface area is 123 Å². The van der Waals surface area contributed by atoms with E-state index in [2.05, 4.69) is 15.6 Å². The van der Waals surface area contributed by atoms with Crippen molar-refractivity contribution in [2.45, 2.75) is 20.8 Å². The molecule has 0 saturated heterocycles. The molecule has 1 aromatic heterocycles. The van der Waals surface area contributed by atoms with Gasteiger partial charge in [0.1, 0.15) is 5.82 Å². The summed E-state index contributed by atoms with van der Waals surface area (Å²) >= 11 is 0. The molecule has 1 heterocycles. The van der Waals surface area contributed by atoms with Gasteiger partial charge in [-0.1, -0.05) is 18.2 Å². The van der Waals surface area contributed by atoms with Crippen LogP contribution in [0, 0.1) is 20.8 Å². The summed E-state index contributed by atoms with van der Waals surface area (Å²) in [6, 6.07) is 9.12. The fourth-order valence-corrected chi connectivity index (χ4v) is 1.85. The van der Waals surface area contributed by atoms with Crippen LogP contribution in [0.1, 0.15) is 16.7 Å². The second-order valence-corrected chi connectivity index (χ2v) is 4.82. The van der Waals surface area contributed by atoms with Crippen LogP contribution in [0.3, 0.4) is 0 Å². The number of anilines is 2. The lowest BCUT2D eigenvalue weighted by molar-refractivity contribution is -0.133. The third-order valence-corrected chi connectivity index (χ3v) is 3.30. The molecule has 2 N–H and O–H groups in total. The molecule has 5 heteroatoms. The Morgan fingerprint density at radius 3 is 2.29 bits per heavy atom. The van der Waals surface area contributed by atoms with E-state index in [0.29, 0.717) is 11.5 Å². The molecule has 0 unspecified atom stereocenters. The number of nitrogens with one attached hydrogen (secondary N) is 2. The average Bonchev–Trinajstić information content (AvgIpc) is 2.46. The van der Waals surface area contributed by atoms with E-state index < -0.39 is 11.8 Å². The van der Waals surface area contributed by atoms with E-state index in [-0.39, 0.29) is 0 Å². The Balaban J connectivity index is 2.08. The SMILES string of the molecule is Cc1cccnc1NC(=O)C(=O)Nc1cccc(C)c1C. The number of rotatable bonds is 2. The molecule has 0 fully saturated rings. The Bertz CT molecular complexity index is 696. The number of pyridine rings is 1. The summed E-state index contributed by atoms with van der Waals surface area (Å²) in [6.45, 7) is 5.65. The fourth-order valence-electron chi connectivity index (χ4n) is 1.85. The Hall–Kier alpha value is -2.69. The number of carbonyl (C=O) groups is 2. The van der Waals surface area contributed by atoms with Crippen molar-refractivity contribution in [2.24, 2.45) is 0 Å². The zero-order valence-corrected chi connectivity index (χ0v) is 12.2. The van der Waals surface area contributed by atoms with Gasteiger partial charge >= 0.3 is 11.8 Å². The zero-order valence-electron chi connectivity index (χ0n) is 12.2. The van der Waals surface area contributed by atoms with Crippen LogP contribution in [0.5, 0.6) is 0 Å². The van der Waals surface area contributed by atoms with E-state index in [4.69, 9.17) is 0 Å². The predicted octanol–water partition coefficient (Wildman–Crippen LogP) is 2.58. The lowest BCUT2D eigenvalue weighted by atomic mass is 10.1. The molecule has 0 atom stereocenters. The summed E-state index contributed by atoms with van der Waals surface area (Å²) in [6.07, 6.45) is 1.56. The number of nitrogens with zero attached hydrogens (tertiary/aromatic N) is 1. The van der Waals surface area contributed by atoms with Crippen molar-refractivity contribution in [3.05, 3.63) is 53.2 Å². The highest BCUT2D eigenvalue weighted by molar-refractivity contribution is 6.43. The zero-order chi connectivity index (χ0) is 15.4. The van der Waals surface area contributed by atoms with Crippen molar-refractivity contribution in [2.75, 3.05) is 10.6 Å². The molecule has 0 aliphatic carbocycles. The van der Waals surface area contributed by atoms with E-state index in [1.807, 2.05) is 39.0 Å². The van der Waals surface area contributed by atoms with Gasteiger partial charge in [-0.3, -0.25) is 9.59 Å². The standard InChI is InChI=1S/C16H17N3O2/c1-10-6-4-8-13(12(10)3)18-15(20)16(21)19-14-11(2)7-5-9-17-14/h4-9H,1-3H3,(H,18,20)(H,17,19,21). The van der Waals surface area contributed by atoms with Crippen LogP contribution in [0.15, 0.2) is 36.5 Å². The van der Waals surface area contributed by atoms with E-state index in [1.165, 1.54) is 0 Å². The first-order valence-corrected chi connectivity index (χ1v) is 6.59. The van der Waals surface area contributed by atoms with Crippen molar-refractivity contribution in [1.82, 2.24) is 4.98 Å². The lowest BCUT2D eigenvalue weighted by Crippen LogP contribution is -2.30. The molecule has 108 valence electrons. The largest absolute Gasteiger partial charge is 0.318 e. The third-order valence-electron chi connectivity index (χ3n) is 3.30. The Morgan fingerprint density at radius 1 is 0.905 bits per heavy atom. The number of carbonyl (C=O) groups excluding carboxylic acids is 2.